The third-order valence-electron chi connectivity index (χ3n) is 2.74. The molecule has 1 unspecified atom stereocenters. The van der Waals surface area contributed by atoms with Gasteiger partial charge in [-0.25, -0.2) is 0 Å². The molecular weight excluding hydrogens is 236 g/mol. The van der Waals surface area contributed by atoms with E-state index in [1.165, 1.54) is 0 Å². The Bertz CT molecular complexity index is 393. The highest BCUT2D eigenvalue weighted by atomic mass is 35.5. The molecule has 1 amide bonds. The molecule has 0 spiro atoms. The monoisotopic (exact) mass is 254 g/mol. The van der Waals surface area contributed by atoms with Crippen LogP contribution in [-0.4, -0.2) is 23.9 Å². The van der Waals surface area contributed by atoms with E-state index < -0.39 is 6.04 Å². The Hall–Kier alpha value is -1.06. The normalized spacial score (nSPS) is 12.6. The van der Waals surface area contributed by atoms with Gasteiger partial charge in [0.1, 0.15) is 0 Å². The van der Waals surface area contributed by atoms with E-state index in [4.69, 9.17) is 17.3 Å². The summed E-state index contributed by atoms with van der Waals surface area (Å²) in [6.07, 6.45) is 0. The molecule has 1 aromatic rings. The van der Waals surface area contributed by atoms with Gasteiger partial charge < -0.3 is 10.6 Å². The zero-order valence-electron chi connectivity index (χ0n) is 10.5. The quantitative estimate of drug-likeness (QED) is 0.896. The number of carbonyl (C=O) groups is 1. The van der Waals surface area contributed by atoms with E-state index in [-0.39, 0.29) is 11.8 Å². The highest BCUT2D eigenvalue weighted by Gasteiger charge is 2.21. The summed E-state index contributed by atoms with van der Waals surface area (Å²) in [5.41, 5.74) is 6.76. The third-order valence-corrected chi connectivity index (χ3v) is 3.11. The number of rotatable bonds is 4. The van der Waals surface area contributed by atoms with Gasteiger partial charge in [0.25, 0.3) is 0 Å². The number of hydrogen-bond donors (Lipinski definition) is 1. The summed E-state index contributed by atoms with van der Waals surface area (Å²) in [5, 5.41) is 0.672. The van der Waals surface area contributed by atoms with Gasteiger partial charge in [0.05, 0.1) is 6.04 Å². The van der Waals surface area contributed by atoms with E-state index in [0.29, 0.717) is 11.6 Å². The van der Waals surface area contributed by atoms with Crippen LogP contribution in [0.2, 0.25) is 5.02 Å². The first-order chi connectivity index (χ1) is 7.93. The van der Waals surface area contributed by atoms with Gasteiger partial charge in [-0.2, -0.15) is 0 Å². The first kappa shape index (κ1) is 14.0. The van der Waals surface area contributed by atoms with Crippen LogP contribution in [0.3, 0.4) is 0 Å². The predicted octanol–water partition coefficient (Wildman–Crippen LogP) is 2.28. The van der Waals surface area contributed by atoms with Crippen molar-refractivity contribution in [1.82, 2.24) is 4.90 Å². The number of nitrogens with zero attached hydrogens (tertiary/aromatic N) is 1. The predicted molar refractivity (Wildman–Crippen MR) is 70.7 cm³/mol. The molecule has 0 aromatic heterocycles. The molecule has 0 fully saturated rings. The molecule has 94 valence electrons. The van der Waals surface area contributed by atoms with E-state index in [1.54, 1.807) is 11.9 Å². The Morgan fingerprint density at radius 3 is 2.53 bits per heavy atom. The van der Waals surface area contributed by atoms with Crippen LogP contribution < -0.4 is 5.73 Å². The average Bonchev–Trinajstić information content (AvgIpc) is 2.30. The van der Waals surface area contributed by atoms with Crippen molar-refractivity contribution in [1.29, 1.82) is 0 Å². The lowest BCUT2D eigenvalue weighted by Crippen LogP contribution is -2.44. The van der Waals surface area contributed by atoms with E-state index in [2.05, 4.69) is 0 Å². The number of likely N-dealkylation sites (N-methyl/N-ethyl adjacent to an activating group) is 1. The topological polar surface area (TPSA) is 46.3 Å². The van der Waals surface area contributed by atoms with Crippen LogP contribution in [0.4, 0.5) is 0 Å². The number of amides is 1. The first-order valence-electron chi connectivity index (χ1n) is 5.67. The summed E-state index contributed by atoms with van der Waals surface area (Å²) in [6.45, 7) is 4.36. The molecule has 1 aromatic carbocycles. The van der Waals surface area contributed by atoms with Gasteiger partial charge in [-0.05, 0) is 17.5 Å². The third kappa shape index (κ3) is 3.72. The van der Waals surface area contributed by atoms with Crippen LogP contribution in [0.5, 0.6) is 0 Å². The zero-order valence-corrected chi connectivity index (χ0v) is 11.2. The van der Waals surface area contributed by atoms with Crippen molar-refractivity contribution < 1.29 is 4.79 Å². The van der Waals surface area contributed by atoms with Gasteiger partial charge in [-0.15, -0.1) is 0 Å². The van der Waals surface area contributed by atoms with E-state index in [9.17, 15) is 4.79 Å². The number of nitrogens with two attached hydrogens (primary N) is 1. The van der Waals surface area contributed by atoms with Crippen LogP contribution in [-0.2, 0) is 11.3 Å². The molecule has 0 radical (unpaired) electrons. The minimum Gasteiger partial charge on any atom is -0.340 e. The van der Waals surface area contributed by atoms with E-state index >= 15 is 0 Å². The summed E-state index contributed by atoms with van der Waals surface area (Å²) in [7, 11) is 1.74. The molecule has 0 bridgehead atoms. The van der Waals surface area contributed by atoms with Gasteiger partial charge in [0.15, 0.2) is 0 Å². The summed E-state index contributed by atoms with van der Waals surface area (Å²) in [6, 6.07) is 7.04. The lowest BCUT2D eigenvalue weighted by molar-refractivity contribution is -0.132. The number of hydrogen-bond acceptors (Lipinski definition) is 2. The second-order valence-corrected chi connectivity index (χ2v) is 4.96. The SMILES string of the molecule is CC(C)C(N)C(=O)N(C)Cc1ccccc1Cl. The van der Waals surface area contributed by atoms with Gasteiger partial charge in [0, 0.05) is 18.6 Å². The molecule has 0 aliphatic rings. The molecule has 0 aliphatic carbocycles. The maximum absolute atomic E-state index is 12.0. The fourth-order valence-corrected chi connectivity index (χ4v) is 1.70. The number of halogens is 1. The Morgan fingerprint density at radius 2 is 2.00 bits per heavy atom. The maximum Gasteiger partial charge on any atom is 0.239 e. The smallest absolute Gasteiger partial charge is 0.239 e. The van der Waals surface area contributed by atoms with Crippen LogP contribution >= 0.6 is 11.6 Å². The highest BCUT2D eigenvalue weighted by molar-refractivity contribution is 6.31. The number of benzene rings is 1. The highest BCUT2D eigenvalue weighted by Crippen LogP contribution is 2.17. The summed E-state index contributed by atoms with van der Waals surface area (Å²) in [5.74, 6) is 0.0797. The van der Waals surface area contributed by atoms with E-state index in [1.807, 2.05) is 38.1 Å². The van der Waals surface area contributed by atoms with Crippen LogP contribution in [0, 0.1) is 5.92 Å². The fraction of sp³-hybridized carbons (Fsp3) is 0.462. The lowest BCUT2D eigenvalue weighted by Gasteiger charge is -2.23. The van der Waals surface area contributed by atoms with E-state index in [0.717, 1.165) is 5.56 Å². The Kier molecular flexibility index (Phi) is 4.97. The van der Waals surface area contributed by atoms with Gasteiger partial charge in [-0.3, -0.25) is 4.79 Å². The van der Waals surface area contributed by atoms with Crippen molar-refractivity contribution in [2.75, 3.05) is 7.05 Å². The van der Waals surface area contributed by atoms with Crippen molar-refractivity contribution >= 4 is 17.5 Å². The lowest BCUT2D eigenvalue weighted by atomic mass is 10.0. The standard InChI is InChI=1S/C13H19ClN2O/c1-9(2)12(15)13(17)16(3)8-10-6-4-5-7-11(10)14/h4-7,9,12H,8,15H2,1-3H3. The molecule has 0 saturated heterocycles. The summed E-state index contributed by atoms with van der Waals surface area (Å²) < 4.78 is 0. The minimum absolute atomic E-state index is 0.0556. The molecule has 2 N–H and O–H groups in total. The Morgan fingerprint density at radius 1 is 1.41 bits per heavy atom. The second kappa shape index (κ2) is 6.03. The van der Waals surface area contributed by atoms with Crippen LogP contribution in [0.1, 0.15) is 19.4 Å². The first-order valence-corrected chi connectivity index (χ1v) is 6.05. The largest absolute Gasteiger partial charge is 0.340 e. The molecule has 17 heavy (non-hydrogen) atoms. The Balaban J connectivity index is 2.70. The molecule has 0 saturated carbocycles. The molecule has 4 heteroatoms. The maximum atomic E-state index is 12.0. The molecular formula is C13H19ClN2O. The molecule has 1 atom stereocenters. The average molecular weight is 255 g/mol. The van der Waals surface area contributed by atoms with Crippen LogP contribution in [0.15, 0.2) is 24.3 Å². The summed E-state index contributed by atoms with van der Waals surface area (Å²) in [4.78, 5) is 13.6. The Labute approximate surface area is 108 Å². The molecule has 0 heterocycles. The van der Waals surface area contributed by atoms with Crippen molar-refractivity contribution in [2.45, 2.75) is 26.4 Å². The zero-order chi connectivity index (χ0) is 13.0. The second-order valence-electron chi connectivity index (χ2n) is 4.56. The minimum atomic E-state index is -0.456. The van der Waals surface area contributed by atoms with Crippen molar-refractivity contribution in [2.24, 2.45) is 11.7 Å². The molecule has 0 aliphatic heterocycles. The fourth-order valence-electron chi connectivity index (χ4n) is 1.50. The van der Waals surface area contributed by atoms with Gasteiger partial charge in [-0.1, -0.05) is 43.6 Å². The van der Waals surface area contributed by atoms with Crippen LogP contribution in [0.25, 0.3) is 0 Å². The van der Waals surface area contributed by atoms with Crippen molar-refractivity contribution in [3.05, 3.63) is 34.9 Å². The summed E-state index contributed by atoms with van der Waals surface area (Å²) >= 11 is 6.05. The van der Waals surface area contributed by atoms with Gasteiger partial charge in [0.2, 0.25) is 5.91 Å². The van der Waals surface area contributed by atoms with Crippen molar-refractivity contribution in [3.8, 4) is 0 Å². The number of carbonyl (C=O) groups excluding carboxylic acids is 1. The molecule has 1 rings (SSSR count). The van der Waals surface area contributed by atoms with Crippen molar-refractivity contribution in [3.63, 3.8) is 0 Å². The molecule has 3 nitrogen and oxygen atoms in total. The van der Waals surface area contributed by atoms with Gasteiger partial charge >= 0.3 is 0 Å².